The topological polar surface area (TPSA) is 26.3 Å². The lowest BCUT2D eigenvalue weighted by Gasteiger charge is -2.18. The van der Waals surface area contributed by atoms with Crippen molar-refractivity contribution in [2.24, 2.45) is 0 Å². The van der Waals surface area contributed by atoms with E-state index >= 15 is 0 Å². The fraction of sp³-hybridized carbons (Fsp3) is 0. The number of hydrogen-bond donors (Lipinski definition) is 0. The van der Waals surface area contributed by atoms with Crippen LogP contribution in [0.25, 0.3) is 87.8 Å². The van der Waals surface area contributed by atoms with Gasteiger partial charge in [-0.25, -0.2) is 0 Å². The molecule has 42 heavy (non-hydrogen) atoms. The number of para-hydroxylation sites is 1. The second-order valence-electron chi connectivity index (χ2n) is 10.8. The molecule has 0 amide bonds. The lowest BCUT2D eigenvalue weighted by Crippen LogP contribution is -1.91. The van der Waals surface area contributed by atoms with Gasteiger partial charge in [0.05, 0.1) is 6.26 Å². The smallest absolute Gasteiger partial charge is 0.179 e. The lowest BCUT2D eigenvalue weighted by molar-refractivity contribution is 0.600. The maximum absolute atomic E-state index is 6.46. The van der Waals surface area contributed by atoms with Crippen LogP contribution in [0.3, 0.4) is 0 Å². The van der Waals surface area contributed by atoms with Crippen molar-refractivity contribution in [2.75, 3.05) is 0 Å². The molecule has 0 atom stereocenters. The highest BCUT2D eigenvalue weighted by Gasteiger charge is 2.22. The molecule has 7 aromatic carbocycles. The van der Waals surface area contributed by atoms with E-state index < -0.39 is 0 Å². The summed E-state index contributed by atoms with van der Waals surface area (Å²) in [5.41, 5.74) is 9.71. The molecular formula is C40H24O2. The number of rotatable bonds is 3. The predicted molar refractivity (Wildman–Crippen MR) is 175 cm³/mol. The Morgan fingerprint density at radius 2 is 0.952 bits per heavy atom. The molecule has 0 saturated heterocycles. The van der Waals surface area contributed by atoms with Crippen LogP contribution in [0.2, 0.25) is 0 Å². The largest absolute Gasteiger partial charge is 0.460 e. The van der Waals surface area contributed by atoms with Gasteiger partial charge in [-0.2, -0.15) is 0 Å². The minimum atomic E-state index is 0.786. The molecule has 2 heterocycles. The zero-order valence-electron chi connectivity index (χ0n) is 22.7. The molecule has 0 radical (unpaired) electrons. The van der Waals surface area contributed by atoms with Crippen molar-refractivity contribution in [3.63, 3.8) is 0 Å². The summed E-state index contributed by atoms with van der Waals surface area (Å²) in [5, 5.41) is 8.10. The van der Waals surface area contributed by atoms with Gasteiger partial charge >= 0.3 is 0 Å². The lowest BCUT2D eigenvalue weighted by atomic mass is 9.84. The van der Waals surface area contributed by atoms with Crippen molar-refractivity contribution < 1.29 is 8.83 Å². The first-order valence-electron chi connectivity index (χ1n) is 14.3. The van der Waals surface area contributed by atoms with Gasteiger partial charge in [0.1, 0.15) is 5.58 Å². The first kappa shape index (κ1) is 23.1. The summed E-state index contributed by atoms with van der Waals surface area (Å²) in [6.07, 6.45) is 1.75. The summed E-state index contributed by atoms with van der Waals surface area (Å²) in [6, 6.07) is 49.7. The van der Waals surface area contributed by atoms with Gasteiger partial charge in [0, 0.05) is 16.2 Å². The molecule has 0 spiro atoms. The van der Waals surface area contributed by atoms with E-state index in [9.17, 15) is 0 Å². The van der Waals surface area contributed by atoms with Crippen LogP contribution in [0.4, 0.5) is 0 Å². The molecule has 0 aliphatic rings. The standard InChI is InChI=1S/C40H24O2/c1-2-10-25(11-3-1)26-18-20-27(21-19-26)36-29-12-4-6-14-31(29)37(32-15-7-5-13-30(32)36)34-24-28-22-23-41-39(28)40-38(34)33-16-8-9-17-35(33)42-40/h1-24H. The van der Waals surface area contributed by atoms with E-state index in [1.165, 1.54) is 49.4 Å². The van der Waals surface area contributed by atoms with Crippen LogP contribution < -0.4 is 0 Å². The van der Waals surface area contributed by atoms with Crippen LogP contribution in [-0.4, -0.2) is 0 Å². The van der Waals surface area contributed by atoms with Gasteiger partial charge in [0.25, 0.3) is 0 Å². The molecule has 0 aliphatic heterocycles. The second kappa shape index (κ2) is 8.95. The molecule has 2 heteroatoms. The van der Waals surface area contributed by atoms with E-state index in [-0.39, 0.29) is 0 Å². The van der Waals surface area contributed by atoms with Crippen LogP contribution in [0.5, 0.6) is 0 Å². The second-order valence-corrected chi connectivity index (χ2v) is 10.8. The summed E-state index contributed by atoms with van der Waals surface area (Å²) in [4.78, 5) is 0. The zero-order chi connectivity index (χ0) is 27.6. The van der Waals surface area contributed by atoms with Crippen molar-refractivity contribution in [3.05, 3.63) is 146 Å². The summed E-state index contributed by atoms with van der Waals surface area (Å²) in [6.45, 7) is 0. The van der Waals surface area contributed by atoms with Gasteiger partial charge in [-0.1, -0.05) is 121 Å². The Morgan fingerprint density at radius 3 is 1.64 bits per heavy atom. The van der Waals surface area contributed by atoms with Gasteiger partial charge in [-0.15, -0.1) is 0 Å². The average molecular weight is 537 g/mol. The van der Waals surface area contributed by atoms with E-state index in [2.05, 4.69) is 121 Å². The molecule has 0 aliphatic carbocycles. The molecule has 0 N–H and O–H groups in total. The molecule has 196 valence electrons. The highest BCUT2D eigenvalue weighted by Crippen LogP contribution is 2.48. The minimum Gasteiger partial charge on any atom is -0.460 e. The van der Waals surface area contributed by atoms with E-state index in [1.807, 2.05) is 18.2 Å². The van der Waals surface area contributed by atoms with Crippen molar-refractivity contribution in [1.29, 1.82) is 0 Å². The molecule has 0 fully saturated rings. The highest BCUT2D eigenvalue weighted by molar-refractivity contribution is 6.28. The van der Waals surface area contributed by atoms with E-state index in [4.69, 9.17) is 8.83 Å². The highest BCUT2D eigenvalue weighted by atomic mass is 16.4. The van der Waals surface area contributed by atoms with Gasteiger partial charge in [0.15, 0.2) is 11.2 Å². The fourth-order valence-electron chi connectivity index (χ4n) is 6.70. The molecule has 0 bridgehead atoms. The van der Waals surface area contributed by atoms with Crippen molar-refractivity contribution >= 4 is 54.5 Å². The SMILES string of the molecule is c1ccc(-c2ccc(-c3c4ccccc4c(-c4cc5ccoc5c5oc6ccccc6c45)c4ccccc34)cc2)cc1. The van der Waals surface area contributed by atoms with E-state index in [0.717, 1.165) is 38.5 Å². The Balaban J connectivity index is 1.39. The number of fused-ring (bicyclic) bond motifs is 7. The molecule has 9 rings (SSSR count). The monoisotopic (exact) mass is 536 g/mol. The Hall–Kier alpha value is -5.60. The quantitative estimate of drug-likeness (QED) is 0.210. The van der Waals surface area contributed by atoms with Crippen molar-refractivity contribution in [3.8, 4) is 33.4 Å². The maximum Gasteiger partial charge on any atom is 0.179 e. The Kier molecular flexibility index (Phi) is 4.93. The summed E-state index contributed by atoms with van der Waals surface area (Å²) < 4.78 is 12.4. The first-order chi connectivity index (χ1) is 20.8. The number of furan rings is 2. The van der Waals surface area contributed by atoms with Crippen LogP contribution in [0.1, 0.15) is 0 Å². The fourth-order valence-corrected chi connectivity index (χ4v) is 6.70. The normalized spacial score (nSPS) is 11.8. The van der Waals surface area contributed by atoms with Gasteiger partial charge in [0.2, 0.25) is 0 Å². The Morgan fingerprint density at radius 1 is 0.405 bits per heavy atom. The van der Waals surface area contributed by atoms with Crippen LogP contribution in [0.15, 0.2) is 155 Å². The molecule has 0 unspecified atom stereocenters. The molecular weight excluding hydrogens is 512 g/mol. The van der Waals surface area contributed by atoms with Crippen molar-refractivity contribution in [1.82, 2.24) is 0 Å². The van der Waals surface area contributed by atoms with E-state index in [0.29, 0.717) is 0 Å². The third kappa shape index (κ3) is 3.33. The summed E-state index contributed by atoms with van der Waals surface area (Å²) >= 11 is 0. The molecule has 0 saturated carbocycles. The maximum atomic E-state index is 6.46. The minimum absolute atomic E-state index is 0.786. The van der Waals surface area contributed by atoms with E-state index in [1.54, 1.807) is 6.26 Å². The van der Waals surface area contributed by atoms with Gasteiger partial charge < -0.3 is 8.83 Å². The van der Waals surface area contributed by atoms with Crippen LogP contribution in [-0.2, 0) is 0 Å². The molecule has 9 aromatic rings. The Bertz CT molecular complexity index is 2380. The van der Waals surface area contributed by atoms with Crippen LogP contribution in [0, 0.1) is 0 Å². The third-order valence-electron chi connectivity index (χ3n) is 8.55. The first-order valence-corrected chi connectivity index (χ1v) is 14.3. The van der Waals surface area contributed by atoms with Gasteiger partial charge in [-0.05, 0) is 73.1 Å². The zero-order valence-corrected chi connectivity index (χ0v) is 22.7. The molecule has 2 nitrogen and oxygen atoms in total. The van der Waals surface area contributed by atoms with Crippen LogP contribution >= 0.6 is 0 Å². The number of benzene rings is 7. The molecule has 2 aromatic heterocycles. The average Bonchev–Trinajstić information content (AvgIpc) is 3.69. The summed E-state index contributed by atoms with van der Waals surface area (Å²) in [5.74, 6) is 0. The summed E-state index contributed by atoms with van der Waals surface area (Å²) in [7, 11) is 0. The van der Waals surface area contributed by atoms with Gasteiger partial charge in [-0.3, -0.25) is 0 Å². The third-order valence-corrected chi connectivity index (χ3v) is 8.55. The predicted octanol–water partition coefficient (Wildman–Crippen LogP) is 11.6. The number of hydrogen-bond acceptors (Lipinski definition) is 2. The Labute approximate surface area is 242 Å². The van der Waals surface area contributed by atoms with Crippen molar-refractivity contribution in [2.45, 2.75) is 0 Å².